The third-order valence-electron chi connectivity index (χ3n) is 3.34. The van der Waals surface area contributed by atoms with Crippen molar-refractivity contribution >= 4 is 9.84 Å². The monoisotopic (exact) mass is 249 g/mol. The van der Waals surface area contributed by atoms with E-state index in [9.17, 15) is 8.42 Å². The lowest BCUT2D eigenvalue weighted by Crippen LogP contribution is -2.18. The molecule has 17 heavy (non-hydrogen) atoms. The van der Waals surface area contributed by atoms with E-state index in [1.807, 2.05) is 6.07 Å². The van der Waals surface area contributed by atoms with Crippen molar-refractivity contribution in [2.75, 3.05) is 5.75 Å². The SMILES string of the molecule is Cc1ccccc1S(=O)(=O)CC1(CC#N)CC1. The summed E-state index contributed by atoms with van der Waals surface area (Å²) in [5.74, 6) is 0.110. The lowest BCUT2D eigenvalue weighted by Gasteiger charge is -2.13. The molecule has 2 rings (SSSR count). The van der Waals surface area contributed by atoms with E-state index >= 15 is 0 Å². The van der Waals surface area contributed by atoms with Crippen molar-refractivity contribution in [2.24, 2.45) is 5.41 Å². The van der Waals surface area contributed by atoms with Crippen LogP contribution in [0.4, 0.5) is 0 Å². The first-order valence-corrected chi connectivity index (χ1v) is 7.30. The molecule has 4 heteroatoms. The summed E-state index contributed by atoms with van der Waals surface area (Å²) >= 11 is 0. The molecule has 1 aromatic rings. The fourth-order valence-electron chi connectivity index (χ4n) is 2.10. The Morgan fingerprint density at radius 2 is 2.00 bits per heavy atom. The second kappa shape index (κ2) is 4.15. The average Bonchev–Trinajstić information content (AvgIpc) is 2.97. The molecule has 0 unspecified atom stereocenters. The summed E-state index contributed by atoms with van der Waals surface area (Å²) in [4.78, 5) is 0.407. The van der Waals surface area contributed by atoms with Crippen LogP contribution in [0, 0.1) is 23.7 Å². The van der Waals surface area contributed by atoms with Gasteiger partial charge in [0.05, 0.1) is 16.7 Å². The topological polar surface area (TPSA) is 57.9 Å². The zero-order valence-electron chi connectivity index (χ0n) is 9.81. The molecule has 1 aliphatic carbocycles. The minimum atomic E-state index is -3.26. The molecule has 0 saturated heterocycles. The van der Waals surface area contributed by atoms with Gasteiger partial charge in [0.1, 0.15) is 0 Å². The minimum Gasteiger partial charge on any atom is -0.224 e. The van der Waals surface area contributed by atoms with Crippen molar-refractivity contribution in [3.8, 4) is 6.07 Å². The number of benzene rings is 1. The van der Waals surface area contributed by atoms with Crippen LogP contribution in [0.25, 0.3) is 0 Å². The smallest absolute Gasteiger partial charge is 0.179 e. The standard InChI is InChI=1S/C13H15NO2S/c1-11-4-2-3-5-12(11)17(15,16)10-13(6-7-13)8-9-14/h2-5H,6-8,10H2,1H3. The number of sulfone groups is 1. The quantitative estimate of drug-likeness (QED) is 0.823. The molecule has 1 aromatic carbocycles. The van der Waals surface area contributed by atoms with Crippen molar-refractivity contribution in [3.05, 3.63) is 29.8 Å². The van der Waals surface area contributed by atoms with E-state index in [2.05, 4.69) is 6.07 Å². The third kappa shape index (κ3) is 2.50. The number of nitriles is 1. The number of hydrogen-bond donors (Lipinski definition) is 0. The van der Waals surface area contributed by atoms with E-state index in [4.69, 9.17) is 5.26 Å². The number of hydrogen-bond acceptors (Lipinski definition) is 3. The normalized spacial score (nSPS) is 17.4. The molecule has 0 aliphatic heterocycles. The van der Waals surface area contributed by atoms with Crippen LogP contribution in [0.2, 0.25) is 0 Å². The molecule has 0 atom stereocenters. The van der Waals surface area contributed by atoms with E-state index in [1.165, 1.54) is 0 Å². The Bertz CT molecular complexity index is 565. The van der Waals surface area contributed by atoms with Gasteiger partial charge in [0, 0.05) is 6.42 Å². The Labute approximate surface area is 102 Å². The largest absolute Gasteiger partial charge is 0.224 e. The predicted octanol–water partition coefficient (Wildman–Crippen LogP) is 2.46. The summed E-state index contributed by atoms with van der Waals surface area (Å²) in [6.45, 7) is 1.80. The van der Waals surface area contributed by atoms with Gasteiger partial charge in [-0.05, 0) is 36.8 Å². The first-order chi connectivity index (χ1) is 7.99. The molecular formula is C13H15NO2S. The van der Waals surface area contributed by atoms with Crippen LogP contribution in [0.3, 0.4) is 0 Å². The van der Waals surface area contributed by atoms with E-state index in [-0.39, 0.29) is 11.2 Å². The third-order valence-corrected chi connectivity index (χ3v) is 5.46. The first kappa shape index (κ1) is 12.1. The zero-order valence-corrected chi connectivity index (χ0v) is 10.6. The fourth-order valence-corrected chi connectivity index (χ4v) is 4.30. The molecule has 1 saturated carbocycles. The molecule has 0 aromatic heterocycles. The highest BCUT2D eigenvalue weighted by molar-refractivity contribution is 7.91. The molecule has 0 bridgehead atoms. The highest BCUT2D eigenvalue weighted by Gasteiger charge is 2.46. The van der Waals surface area contributed by atoms with Gasteiger partial charge < -0.3 is 0 Å². The minimum absolute atomic E-state index is 0.110. The van der Waals surface area contributed by atoms with Crippen molar-refractivity contribution in [1.82, 2.24) is 0 Å². The summed E-state index contributed by atoms with van der Waals surface area (Å²) < 4.78 is 24.5. The molecule has 90 valence electrons. The summed E-state index contributed by atoms with van der Waals surface area (Å²) in [6, 6.07) is 9.11. The Morgan fingerprint density at radius 3 is 2.53 bits per heavy atom. The first-order valence-electron chi connectivity index (χ1n) is 5.64. The van der Waals surface area contributed by atoms with Crippen LogP contribution >= 0.6 is 0 Å². The highest BCUT2D eigenvalue weighted by atomic mass is 32.2. The lowest BCUT2D eigenvalue weighted by atomic mass is 10.1. The maximum absolute atomic E-state index is 12.3. The fraction of sp³-hybridized carbons (Fsp3) is 0.462. The summed E-state index contributed by atoms with van der Waals surface area (Å²) in [7, 11) is -3.26. The van der Waals surface area contributed by atoms with Gasteiger partial charge in [-0.2, -0.15) is 5.26 Å². The van der Waals surface area contributed by atoms with Crippen LogP contribution in [0.15, 0.2) is 29.2 Å². The van der Waals surface area contributed by atoms with Crippen LogP contribution in [-0.4, -0.2) is 14.2 Å². The molecule has 1 fully saturated rings. The molecule has 0 heterocycles. The van der Waals surface area contributed by atoms with Gasteiger partial charge in [0.25, 0.3) is 0 Å². The number of aryl methyl sites for hydroxylation is 1. The molecule has 0 radical (unpaired) electrons. The zero-order chi connectivity index (χ0) is 12.5. The Kier molecular flexibility index (Phi) is 2.96. The molecule has 0 amide bonds. The average molecular weight is 249 g/mol. The van der Waals surface area contributed by atoms with Gasteiger partial charge in [-0.1, -0.05) is 18.2 Å². The van der Waals surface area contributed by atoms with Crippen molar-refractivity contribution < 1.29 is 8.42 Å². The van der Waals surface area contributed by atoms with Crippen LogP contribution < -0.4 is 0 Å². The molecule has 0 N–H and O–H groups in total. The van der Waals surface area contributed by atoms with Crippen LogP contribution in [0.5, 0.6) is 0 Å². The molecule has 3 nitrogen and oxygen atoms in total. The van der Waals surface area contributed by atoms with Crippen molar-refractivity contribution in [3.63, 3.8) is 0 Å². The van der Waals surface area contributed by atoms with E-state index in [1.54, 1.807) is 25.1 Å². The Balaban J connectivity index is 2.27. The van der Waals surface area contributed by atoms with Crippen molar-refractivity contribution in [2.45, 2.75) is 31.1 Å². The Morgan fingerprint density at radius 1 is 1.35 bits per heavy atom. The van der Waals surface area contributed by atoms with Gasteiger partial charge >= 0.3 is 0 Å². The molecule has 0 spiro atoms. The second-order valence-electron chi connectivity index (χ2n) is 4.86. The molecular weight excluding hydrogens is 234 g/mol. The van der Waals surface area contributed by atoms with E-state index in [0.717, 1.165) is 18.4 Å². The predicted molar refractivity (Wildman–Crippen MR) is 65.1 cm³/mol. The lowest BCUT2D eigenvalue weighted by molar-refractivity contribution is 0.547. The van der Waals surface area contributed by atoms with Crippen LogP contribution in [-0.2, 0) is 9.84 Å². The van der Waals surface area contributed by atoms with Gasteiger partial charge in [-0.25, -0.2) is 8.42 Å². The summed E-state index contributed by atoms with van der Waals surface area (Å²) in [5, 5.41) is 8.72. The van der Waals surface area contributed by atoms with E-state index < -0.39 is 9.84 Å². The number of rotatable bonds is 4. The summed E-state index contributed by atoms with van der Waals surface area (Å²) in [5.41, 5.74) is 0.510. The summed E-state index contributed by atoms with van der Waals surface area (Å²) in [6.07, 6.45) is 2.05. The number of nitrogens with zero attached hydrogens (tertiary/aromatic N) is 1. The maximum atomic E-state index is 12.3. The molecule has 1 aliphatic rings. The van der Waals surface area contributed by atoms with Gasteiger partial charge in [-0.3, -0.25) is 0 Å². The van der Waals surface area contributed by atoms with Gasteiger partial charge in [-0.15, -0.1) is 0 Å². The van der Waals surface area contributed by atoms with Gasteiger partial charge in [0.2, 0.25) is 0 Å². The van der Waals surface area contributed by atoms with Crippen LogP contribution in [0.1, 0.15) is 24.8 Å². The van der Waals surface area contributed by atoms with E-state index in [0.29, 0.717) is 11.3 Å². The van der Waals surface area contributed by atoms with Crippen molar-refractivity contribution in [1.29, 1.82) is 5.26 Å². The Hall–Kier alpha value is -1.34. The second-order valence-corrected chi connectivity index (χ2v) is 6.82. The van der Waals surface area contributed by atoms with Gasteiger partial charge in [0.15, 0.2) is 9.84 Å². The highest BCUT2D eigenvalue weighted by Crippen LogP contribution is 2.50. The maximum Gasteiger partial charge on any atom is 0.179 e.